The van der Waals surface area contributed by atoms with Crippen LogP contribution < -0.4 is 0 Å². The zero-order chi connectivity index (χ0) is 5.28. The summed E-state index contributed by atoms with van der Waals surface area (Å²) < 4.78 is 0. The number of hydrogen-bond donors (Lipinski definition) is 0. The molecule has 0 nitrogen and oxygen atoms in total. The van der Waals surface area contributed by atoms with Crippen molar-refractivity contribution in [1.29, 1.82) is 0 Å². The van der Waals surface area contributed by atoms with Crippen molar-refractivity contribution in [1.82, 2.24) is 0 Å². The molecule has 0 bridgehead atoms. The molecule has 1 unspecified atom stereocenters. The van der Waals surface area contributed by atoms with E-state index in [0.29, 0.717) is 0 Å². The maximum Gasteiger partial charge on any atom is 0.0273 e. The topological polar surface area (TPSA) is 0 Å². The van der Waals surface area contributed by atoms with Crippen LogP contribution in [0.2, 0.25) is 0 Å². The van der Waals surface area contributed by atoms with Gasteiger partial charge in [-0.2, -0.15) is 0 Å². The molecule has 0 radical (unpaired) electrons. The third-order valence-corrected chi connectivity index (χ3v) is 4.53. The predicted molar refractivity (Wildman–Crippen MR) is 38.7 cm³/mol. The lowest BCUT2D eigenvalue weighted by molar-refractivity contribution is 0.646. The third kappa shape index (κ3) is 1.29. The Labute approximate surface area is 52.8 Å². The van der Waals surface area contributed by atoms with Crippen LogP contribution in [-0.2, 0) is 0 Å². The van der Waals surface area contributed by atoms with E-state index in [-0.39, 0.29) is 0 Å². The lowest BCUT2D eigenvalue weighted by atomic mass is 10.1. The second-order valence-electron chi connectivity index (χ2n) is 2.16. The van der Waals surface area contributed by atoms with Crippen LogP contribution in [0.25, 0.3) is 0 Å². The van der Waals surface area contributed by atoms with Gasteiger partial charge < -0.3 is 0 Å². The average Bonchev–Trinajstić information content (AvgIpc) is 1.23. The summed E-state index contributed by atoms with van der Waals surface area (Å²) in [5.74, 6) is 2.27. The quantitative estimate of drug-likeness (QED) is 0.505. The Morgan fingerprint density at radius 3 is 2.14 bits per heavy atom. The van der Waals surface area contributed by atoms with Gasteiger partial charge in [0.2, 0.25) is 0 Å². The predicted octanol–water partition coefficient (Wildman–Crippen LogP) is 2.41. The molecule has 0 N–H and O–H groups in total. The van der Waals surface area contributed by atoms with Crippen LogP contribution in [0, 0.1) is 5.92 Å². The summed E-state index contributed by atoms with van der Waals surface area (Å²) >= 11 is 0. The van der Waals surface area contributed by atoms with E-state index in [1.807, 2.05) is 21.6 Å². The average molecular weight is 134 g/mol. The standard InChI is InChI=1S/C5H10S2/c1-4(2)5-3-6-7-5/h4-5H,3H2,1-2H3. The molecule has 0 aromatic heterocycles. The van der Waals surface area contributed by atoms with Crippen LogP contribution in [0.4, 0.5) is 0 Å². The minimum atomic E-state index is 0.895. The van der Waals surface area contributed by atoms with Gasteiger partial charge in [0.25, 0.3) is 0 Å². The van der Waals surface area contributed by atoms with E-state index in [1.165, 1.54) is 5.75 Å². The van der Waals surface area contributed by atoms with Gasteiger partial charge in [0.05, 0.1) is 0 Å². The first-order chi connectivity index (χ1) is 3.30. The van der Waals surface area contributed by atoms with Crippen LogP contribution in [0.1, 0.15) is 13.8 Å². The van der Waals surface area contributed by atoms with Crippen LogP contribution in [0.5, 0.6) is 0 Å². The lowest BCUT2D eigenvalue weighted by Crippen LogP contribution is -2.19. The molecule has 0 aliphatic carbocycles. The van der Waals surface area contributed by atoms with E-state index in [1.54, 1.807) is 0 Å². The van der Waals surface area contributed by atoms with Crippen LogP contribution in [-0.4, -0.2) is 11.0 Å². The second kappa shape index (κ2) is 2.31. The van der Waals surface area contributed by atoms with E-state index >= 15 is 0 Å². The molecule has 1 saturated heterocycles. The molecule has 1 rings (SSSR count). The molecule has 0 saturated carbocycles. The zero-order valence-corrected chi connectivity index (χ0v) is 6.31. The van der Waals surface area contributed by atoms with E-state index in [2.05, 4.69) is 13.8 Å². The number of rotatable bonds is 1. The van der Waals surface area contributed by atoms with Gasteiger partial charge in [-0.15, -0.1) is 0 Å². The summed E-state index contributed by atoms with van der Waals surface area (Å²) in [4.78, 5) is 0. The molecule has 7 heavy (non-hydrogen) atoms. The summed E-state index contributed by atoms with van der Waals surface area (Å²) in [5, 5.41) is 0.963. The van der Waals surface area contributed by atoms with Crippen molar-refractivity contribution in [2.24, 2.45) is 5.92 Å². The molecule has 1 aliphatic heterocycles. The van der Waals surface area contributed by atoms with Crippen LogP contribution >= 0.6 is 21.6 Å². The summed E-state index contributed by atoms with van der Waals surface area (Å²) in [7, 11) is 4.02. The highest BCUT2D eigenvalue weighted by Crippen LogP contribution is 2.43. The van der Waals surface area contributed by atoms with Crippen LogP contribution in [0.3, 0.4) is 0 Å². The van der Waals surface area contributed by atoms with Crippen molar-refractivity contribution < 1.29 is 0 Å². The Morgan fingerprint density at radius 1 is 1.57 bits per heavy atom. The molecule has 0 aromatic rings. The maximum absolute atomic E-state index is 2.29. The first kappa shape index (κ1) is 5.83. The summed E-state index contributed by atoms with van der Waals surface area (Å²) in [6.45, 7) is 4.58. The van der Waals surface area contributed by atoms with Gasteiger partial charge in [0, 0.05) is 11.0 Å². The van der Waals surface area contributed by atoms with Crippen molar-refractivity contribution in [2.45, 2.75) is 19.1 Å². The summed E-state index contributed by atoms with van der Waals surface area (Å²) in [5.41, 5.74) is 0. The molecule has 0 aromatic carbocycles. The van der Waals surface area contributed by atoms with Gasteiger partial charge in [-0.25, -0.2) is 0 Å². The minimum absolute atomic E-state index is 0.895. The fourth-order valence-electron chi connectivity index (χ4n) is 0.450. The van der Waals surface area contributed by atoms with Gasteiger partial charge in [-0.1, -0.05) is 35.4 Å². The van der Waals surface area contributed by atoms with Crippen molar-refractivity contribution in [3.63, 3.8) is 0 Å². The highest BCUT2D eigenvalue weighted by molar-refractivity contribution is 8.79. The molecular weight excluding hydrogens is 124 g/mol. The molecule has 1 aliphatic rings. The fourth-order valence-corrected chi connectivity index (χ4v) is 2.90. The Balaban J connectivity index is 2.14. The monoisotopic (exact) mass is 134 g/mol. The Kier molecular flexibility index (Phi) is 1.93. The molecule has 1 atom stereocenters. The first-order valence-corrected chi connectivity index (χ1v) is 4.97. The zero-order valence-electron chi connectivity index (χ0n) is 4.68. The molecule has 1 fully saturated rings. The first-order valence-electron chi connectivity index (χ1n) is 2.59. The highest BCUT2D eigenvalue weighted by Gasteiger charge is 2.21. The van der Waals surface area contributed by atoms with E-state index in [0.717, 1.165) is 11.2 Å². The minimum Gasteiger partial charge on any atom is -0.0926 e. The molecule has 0 spiro atoms. The number of hydrogen-bond acceptors (Lipinski definition) is 2. The highest BCUT2D eigenvalue weighted by atomic mass is 33.1. The van der Waals surface area contributed by atoms with Gasteiger partial charge in [-0.05, 0) is 5.92 Å². The van der Waals surface area contributed by atoms with Gasteiger partial charge in [0.1, 0.15) is 0 Å². The van der Waals surface area contributed by atoms with Crippen LogP contribution in [0.15, 0.2) is 0 Å². The van der Waals surface area contributed by atoms with E-state index in [4.69, 9.17) is 0 Å². The van der Waals surface area contributed by atoms with Crippen molar-refractivity contribution in [2.75, 3.05) is 5.75 Å². The van der Waals surface area contributed by atoms with Crippen molar-refractivity contribution >= 4 is 21.6 Å². The normalized spacial score (nSPS) is 30.4. The van der Waals surface area contributed by atoms with Crippen molar-refractivity contribution in [3.8, 4) is 0 Å². The van der Waals surface area contributed by atoms with Crippen molar-refractivity contribution in [3.05, 3.63) is 0 Å². The third-order valence-electron chi connectivity index (χ3n) is 1.17. The summed E-state index contributed by atoms with van der Waals surface area (Å²) in [6, 6.07) is 0. The molecule has 2 heteroatoms. The molecular formula is C5H10S2. The van der Waals surface area contributed by atoms with E-state index in [9.17, 15) is 0 Å². The fraction of sp³-hybridized carbons (Fsp3) is 1.00. The largest absolute Gasteiger partial charge is 0.0926 e. The van der Waals surface area contributed by atoms with E-state index < -0.39 is 0 Å². The van der Waals surface area contributed by atoms with Gasteiger partial charge in [-0.3, -0.25) is 0 Å². The SMILES string of the molecule is CC(C)C1CSS1. The Morgan fingerprint density at radius 2 is 2.14 bits per heavy atom. The lowest BCUT2D eigenvalue weighted by Gasteiger charge is -2.26. The molecule has 42 valence electrons. The van der Waals surface area contributed by atoms with Gasteiger partial charge >= 0.3 is 0 Å². The van der Waals surface area contributed by atoms with Gasteiger partial charge in [0.15, 0.2) is 0 Å². The Hall–Kier alpha value is 0.700. The molecule has 1 heterocycles. The maximum atomic E-state index is 2.29. The Bertz CT molecular complexity index is 57.1. The molecule has 0 amide bonds. The smallest absolute Gasteiger partial charge is 0.0273 e. The summed E-state index contributed by atoms with van der Waals surface area (Å²) in [6.07, 6.45) is 0. The second-order valence-corrected chi connectivity index (χ2v) is 4.81.